The molecule has 2 aliphatic rings. The molecule has 56 heavy (non-hydrogen) atoms. The van der Waals surface area contributed by atoms with Crippen molar-refractivity contribution in [2.24, 2.45) is 0 Å². The first-order chi connectivity index (χ1) is 25.7. The van der Waals surface area contributed by atoms with Crippen LogP contribution in [0.4, 0.5) is 0 Å². The van der Waals surface area contributed by atoms with Crippen molar-refractivity contribution >= 4 is 51.4 Å². The molecule has 0 N–H and O–H groups in total. The van der Waals surface area contributed by atoms with Crippen LogP contribution in [0.25, 0.3) is 45.6 Å². The zero-order valence-corrected chi connectivity index (χ0v) is 41.4. The summed E-state index contributed by atoms with van der Waals surface area (Å²) in [6.45, 7) is 28.4. The molecule has 6 aromatic rings. The van der Waals surface area contributed by atoms with E-state index < -0.39 is 25.8 Å². The minimum Gasteiger partial charge on any atom is -1.00 e. The van der Waals surface area contributed by atoms with Crippen molar-refractivity contribution in [1.29, 1.82) is 0 Å². The van der Waals surface area contributed by atoms with Crippen LogP contribution in [-0.4, -0.2) is 5.43 Å². The number of allylic oxidation sites excluding steroid dienone is 2. The Kier molecular flexibility index (Phi) is 12.8. The number of hydrogen-bond donors (Lipinski definition) is 0. The normalized spacial score (nSPS) is 15.3. The second-order valence-corrected chi connectivity index (χ2v) is 36.9. The van der Waals surface area contributed by atoms with Crippen LogP contribution in [0.1, 0.15) is 93.5 Å². The summed E-state index contributed by atoms with van der Waals surface area (Å²) >= 11 is 1.43. The van der Waals surface area contributed by atoms with Gasteiger partial charge in [-0.3, -0.25) is 0 Å². The average Bonchev–Trinajstić information content (AvgIpc) is 3.88. The largest absolute Gasteiger partial charge is 1.00 e. The molecule has 0 saturated heterocycles. The Morgan fingerprint density at radius 3 is 1.14 bits per heavy atom. The molecule has 4 aromatic carbocycles. The van der Waals surface area contributed by atoms with Gasteiger partial charge in [0.25, 0.3) is 0 Å². The fourth-order valence-corrected chi connectivity index (χ4v) is 31.7. The first-order valence-corrected chi connectivity index (χ1v) is 30.1. The van der Waals surface area contributed by atoms with Crippen LogP contribution in [0.2, 0.25) is 13.1 Å². The molecule has 8 rings (SSSR count). The van der Waals surface area contributed by atoms with Crippen molar-refractivity contribution in [1.82, 2.24) is 0 Å². The molecule has 0 bridgehead atoms. The third kappa shape index (κ3) is 7.58. The molecular formula is C50H52Cl2S2SiZr. The van der Waals surface area contributed by atoms with Crippen LogP contribution < -0.4 is 24.8 Å². The van der Waals surface area contributed by atoms with Crippen molar-refractivity contribution in [2.45, 2.75) is 89.6 Å². The summed E-state index contributed by atoms with van der Waals surface area (Å²) in [6, 6.07) is 29.2. The maximum atomic E-state index is 2.68. The average molecular weight is 907 g/mol. The smallest absolute Gasteiger partial charge is 1.00 e. The number of rotatable bonds is 6. The van der Waals surface area contributed by atoms with E-state index in [9.17, 15) is 0 Å². The number of hydrogen-bond acceptors (Lipinski definition) is 2. The fraction of sp³-hybridized carbons (Fsp3) is 0.280. The Labute approximate surface area is 364 Å². The van der Waals surface area contributed by atoms with Gasteiger partial charge in [-0.15, -0.1) is 0 Å². The number of benzene rings is 4. The molecule has 2 aliphatic carbocycles. The van der Waals surface area contributed by atoms with Gasteiger partial charge in [-0.2, -0.15) is 0 Å². The van der Waals surface area contributed by atoms with Gasteiger partial charge in [0.2, 0.25) is 0 Å². The van der Waals surface area contributed by atoms with Crippen LogP contribution >= 0.6 is 22.7 Å². The minimum atomic E-state index is -2.57. The van der Waals surface area contributed by atoms with Crippen LogP contribution in [0.3, 0.4) is 0 Å². The summed E-state index contributed by atoms with van der Waals surface area (Å²) in [5.41, 5.74) is 25.4. The third-order valence-electron chi connectivity index (χ3n) is 12.0. The zero-order chi connectivity index (χ0) is 38.3. The van der Waals surface area contributed by atoms with E-state index in [0.29, 0.717) is 7.25 Å². The van der Waals surface area contributed by atoms with Gasteiger partial charge < -0.3 is 24.8 Å². The van der Waals surface area contributed by atoms with Gasteiger partial charge in [-0.1, -0.05) is 0 Å². The van der Waals surface area contributed by atoms with Gasteiger partial charge in [0.15, 0.2) is 0 Å². The van der Waals surface area contributed by atoms with E-state index in [2.05, 4.69) is 167 Å². The number of halogens is 2. The Hall–Kier alpha value is -2.56. The Morgan fingerprint density at radius 2 is 0.839 bits per heavy atom. The molecule has 0 amide bonds. The summed E-state index contributed by atoms with van der Waals surface area (Å²) in [6.07, 6.45) is 5.35. The first-order valence-electron chi connectivity index (χ1n) is 19.4. The van der Waals surface area contributed by atoms with Gasteiger partial charge >= 0.3 is 343 Å². The first kappa shape index (κ1) is 43.0. The molecule has 0 saturated carbocycles. The molecule has 2 unspecified atom stereocenters. The molecule has 2 aromatic heterocycles. The monoisotopic (exact) mass is 904 g/mol. The quantitative estimate of drug-likeness (QED) is 0.147. The van der Waals surface area contributed by atoms with Gasteiger partial charge in [0.1, 0.15) is 0 Å². The predicted octanol–water partition coefficient (Wildman–Crippen LogP) is 9.00. The number of fused-ring (bicyclic) bond motifs is 2. The fourth-order valence-electron chi connectivity index (χ4n) is 9.53. The maximum absolute atomic E-state index is 2.68. The standard InChI is InChI=1S/2C24H23S.C2H6Si.2ClH.Zr/c2*1-14-8-15(2)10-21(9-14)24-18(5)16(3)11-19-12-20(13-22(19)24)23-7-6-17(4)25-23;1-3-2;;;/h2*6-13H,1-5H3;1-2H3;2*1H;/q;;;;;+2/p-2. The molecule has 2 heterocycles. The maximum Gasteiger partial charge on any atom is -1.00 e. The third-order valence-corrected chi connectivity index (χ3v) is 33.3. The summed E-state index contributed by atoms with van der Waals surface area (Å²) in [5, 5.41) is 0. The predicted molar refractivity (Wildman–Crippen MR) is 238 cm³/mol. The van der Waals surface area contributed by atoms with Gasteiger partial charge in [0, 0.05) is 0 Å². The van der Waals surface area contributed by atoms with Crippen LogP contribution in [0.15, 0.2) is 72.8 Å². The van der Waals surface area contributed by atoms with Gasteiger partial charge in [-0.05, 0) is 0 Å². The van der Waals surface area contributed by atoms with Crippen molar-refractivity contribution < 1.29 is 45.2 Å². The molecular weight excluding hydrogens is 855 g/mol. The van der Waals surface area contributed by atoms with E-state index in [1.54, 1.807) is 22.3 Å². The van der Waals surface area contributed by atoms with E-state index in [1.807, 2.05) is 22.7 Å². The van der Waals surface area contributed by atoms with Crippen molar-refractivity contribution in [2.75, 3.05) is 0 Å². The molecule has 2 atom stereocenters. The Balaban J connectivity index is 0.00000266. The van der Waals surface area contributed by atoms with Crippen molar-refractivity contribution in [3.8, 4) is 22.3 Å². The SMILES string of the molecule is Cc1cc(C)cc(-c2c(C)c(C)cc3c2C=C(c2ccc(C)s2)[CH]3[Zr+2]([CH]2C(c3ccc(C)s3)=Cc3c2cc(C)c(C)c3-c2cc(C)cc(C)c2)=[Si](C)C)c1.[Cl-].[Cl-]. The number of aryl methyl sites for hydroxylation is 8. The van der Waals surface area contributed by atoms with E-state index >= 15 is 0 Å². The topological polar surface area (TPSA) is 0 Å². The van der Waals surface area contributed by atoms with E-state index in [4.69, 9.17) is 0 Å². The molecule has 0 spiro atoms. The molecule has 0 aliphatic heterocycles. The molecule has 6 heteroatoms. The zero-order valence-electron chi connectivity index (χ0n) is 34.8. The Bertz CT molecular complexity index is 2430. The molecule has 286 valence electrons. The Morgan fingerprint density at radius 1 is 0.482 bits per heavy atom. The minimum absolute atomic E-state index is 0. The summed E-state index contributed by atoms with van der Waals surface area (Å²) in [7, 11) is 0. The van der Waals surface area contributed by atoms with E-state index in [1.165, 1.54) is 97.4 Å². The van der Waals surface area contributed by atoms with Gasteiger partial charge in [-0.25, -0.2) is 0 Å². The van der Waals surface area contributed by atoms with Crippen molar-refractivity contribution in [3.63, 3.8) is 0 Å². The van der Waals surface area contributed by atoms with Crippen LogP contribution in [0.5, 0.6) is 0 Å². The van der Waals surface area contributed by atoms with E-state index in [-0.39, 0.29) is 24.8 Å². The second-order valence-electron chi connectivity index (χ2n) is 16.5. The van der Waals surface area contributed by atoms with Crippen LogP contribution in [-0.2, 0) is 20.4 Å². The molecule has 0 radical (unpaired) electrons. The second kappa shape index (κ2) is 16.6. The van der Waals surface area contributed by atoms with Crippen LogP contribution in [0, 0.1) is 69.2 Å². The summed E-state index contributed by atoms with van der Waals surface area (Å²) in [5.74, 6) is 0. The summed E-state index contributed by atoms with van der Waals surface area (Å²) < 4.78 is 0.972. The van der Waals surface area contributed by atoms with Crippen molar-refractivity contribution in [3.05, 3.63) is 159 Å². The molecule has 0 nitrogen and oxygen atoms in total. The van der Waals surface area contributed by atoms with Gasteiger partial charge in [0.05, 0.1) is 0 Å². The van der Waals surface area contributed by atoms with E-state index in [0.717, 1.165) is 0 Å². The molecule has 0 fully saturated rings. The summed E-state index contributed by atoms with van der Waals surface area (Å²) in [4.78, 5) is 5.75. The number of thiophene rings is 2.